The van der Waals surface area contributed by atoms with E-state index in [9.17, 15) is 14.0 Å². The number of rotatable bonds is 10. The molecule has 9 nitrogen and oxygen atoms in total. The number of hydrogen-bond acceptors (Lipinski definition) is 6. The van der Waals surface area contributed by atoms with E-state index < -0.39 is 11.9 Å². The highest BCUT2D eigenvalue weighted by molar-refractivity contribution is 5.89. The summed E-state index contributed by atoms with van der Waals surface area (Å²) in [5.41, 5.74) is 1.90. The van der Waals surface area contributed by atoms with Crippen LogP contribution in [-0.2, 0) is 25.6 Å². The SMILES string of the molecule is COCCNC(=O)[C@H](c1ccc(F)cc1)N(C[C@H]1CCCO1)C(=O)Cn1nnc2ccccc21. The van der Waals surface area contributed by atoms with Crippen LogP contribution in [0.15, 0.2) is 48.5 Å². The number of para-hydroxylation sites is 1. The van der Waals surface area contributed by atoms with E-state index in [0.29, 0.717) is 24.3 Å². The molecule has 0 saturated carbocycles. The molecular weight excluding hydrogens is 441 g/mol. The Morgan fingerprint density at radius 3 is 2.79 bits per heavy atom. The van der Waals surface area contributed by atoms with Crippen LogP contribution in [0.2, 0.25) is 0 Å². The summed E-state index contributed by atoms with van der Waals surface area (Å²) in [6, 6.07) is 12.0. The van der Waals surface area contributed by atoms with Crippen LogP contribution in [0, 0.1) is 5.82 Å². The van der Waals surface area contributed by atoms with Crippen molar-refractivity contribution in [2.75, 3.05) is 33.4 Å². The first kappa shape index (κ1) is 23.8. The Balaban J connectivity index is 1.66. The van der Waals surface area contributed by atoms with Crippen molar-refractivity contribution in [1.82, 2.24) is 25.2 Å². The lowest BCUT2D eigenvalue weighted by Crippen LogP contribution is -2.48. The number of carbonyl (C=O) groups is 2. The van der Waals surface area contributed by atoms with Crippen LogP contribution in [0.3, 0.4) is 0 Å². The van der Waals surface area contributed by atoms with Gasteiger partial charge in [-0.15, -0.1) is 5.10 Å². The van der Waals surface area contributed by atoms with Crippen molar-refractivity contribution in [1.29, 1.82) is 0 Å². The minimum absolute atomic E-state index is 0.101. The number of nitrogens with zero attached hydrogens (tertiary/aromatic N) is 4. The van der Waals surface area contributed by atoms with E-state index in [-0.39, 0.29) is 37.6 Å². The summed E-state index contributed by atoms with van der Waals surface area (Å²) in [6.45, 7) is 1.35. The third-order valence-electron chi connectivity index (χ3n) is 5.80. The maximum Gasteiger partial charge on any atom is 0.247 e. The molecule has 2 aromatic carbocycles. The van der Waals surface area contributed by atoms with Crippen molar-refractivity contribution < 1.29 is 23.5 Å². The van der Waals surface area contributed by atoms with Crippen LogP contribution in [-0.4, -0.2) is 71.2 Å². The van der Waals surface area contributed by atoms with Crippen molar-refractivity contribution in [3.05, 3.63) is 59.9 Å². The molecular formula is C24H28FN5O4. The van der Waals surface area contributed by atoms with Gasteiger partial charge in [-0.05, 0) is 42.7 Å². The molecule has 1 aromatic heterocycles. The molecule has 2 heterocycles. The van der Waals surface area contributed by atoms with E-state index in [4.69, 9.17) is 9.47 Å². The van der Waals surface area contributed by atoms with Crippen molar-refractivity contribution in [3.8, 4) is 0 Å². The number of amides is 2. The molecule has 180 valence electrons. The number of carbonyl (C=O) groups excluding carboxylic acids is 2. The van der Waals surface area contributed by atoms with Crippen LogP contribution in [0.1, 0.15) is 24.4 Å². The summed E-state index contributed by atoms with van der Waals surface area (Å²) in [7, 11) is 1.54. The molecule has 1 fully saturated rings. The first-order valence-corrected chi connectivity index (χ1v) is 11.3. The fourth-order valence-electron chi connectivity index (χ4n) is 4.10. The first-order valence-electron chi connectivity index (χ1n) is 11.3. The second-order valence-electron chi connectivity index (χ2n) is 8.15. The van der Waals surface area contributed by atoms with Crippen molar-refractivity contribution in [2.24, 2.45) is 0 Å². The van der Waals surface area contributed by atoms with Crippen LogP contribution in [0.25, 0.3) is 11.0 Å². The summed E-state index contributed by atoms with van der Waals surface area (Å²) >= 11 is 0. The van der Waals surface area contributed by atoms with E-state index in [1.807, 2.05) is 24.3 Å². The monoisotopic (exact) mass is 469 g/mol. The minimum atomic E-state index is -0.969. The molecule has 2 amide bonds. The van der Waals surface area contributed by atoms with E-state index in [2.05, 4.69) is 15.6 Å². The molecule has 1 N–H and O–H groups in total. The standard InChI is InChI=1S/C24H28FN5O4/c1-33-14-12-26-24(32)23(17-8-10-18(25)11-9-17)29(15-19-5-4-13-34-19)22(31)16-30-21-7-3-2-6-20(21)27-28-30/h2-3,6-11,19,23H,4-5,12-16H2,1H3,(H,26,32)/t19-,23+/m1/s1. The van der Waals surface area contributed by atoms with Gasteiger partial charge >= 0.3 is 0 Å². The summed E-state index contributed by atoms with van der Waals surface area (Å²) in [6.07, 6.45) is 1.49. The molecule has 0 bridgehead atoms. The first-order chi connectivity index (χ1) is 16.6. The van der Waals surface area contributed by atoms with Gasteiger partial charge in [-0.1, -0.05) is 29.5 Å². The number of aromatic nitrogens is 3. The second-order valence-corrected chi connectivity index (χ2v) is 8.15. The average molecular weight is 470 g/mol. The van der Waals surface area contributed by atoms with E-state index in [0.717, 1.165) is 18.4 Å². The van der Waals surface area contributed by atoms with E-state index in [1.165, 1.54) is 33.8 Å². The lowest BCUT2D eigenvalue weighted by molar-refractivity contribution is -0.143. The Morgan fingerprint density at radius 1 is 1.26 bits per heavy atom. The maximum atomic E-state index is 13.7. The van der Waals surface area contributed by atoms with Crippen LogP contribution in [0.4, 0.5) is 4.39 Å². The zero-order chi connectivity index (χ0) is 23.9. The number of nitrogens with one attached hydrogen (secondary N) is 1. The summed E-state index contributed by atoms with van der Waals surface area (Å²) < 4.78 is 26.0. The minimum Gasteiger partial charge on any atom is -0.383 e. The number of fused-ring (bicyclic) bond motifs is 1. The van der Waals surface area contributed by atoms with Gasteiger partial charge in [0.2, 0.25) is 11.8 Å². The molecule has 34 heavy (non-hydrogen) atoms. The largest absolute Gasteiger partial charge is 0.383 e. The highest BCUT2D eigenvalue weighted by atomic mass is 19.1. The van der Waals surface area contributed by atoms with Gasteiger partial charge in [-0.25, -0.2) is 9.07 Å². The third-order valence-corrected chi connectivity index (χ3v) is 5.80. The number of ether oxygens (including phenoxy) is 2. The molecule has 3 aromatic rings. The molecule has 2 atom stereocenters. The van der Waals surface area contributed by atoms with Gasteiger partial charge in [-0.2, -0.15) is 0 Å². The normalized spacial score (nSPS) is 16.5. The van der Waals surface area contributed by atoms with Crippen LogP contribution < -0.4 is 5.32 Å². The topological polar surface area (TPSA) is 98.6 Å². The number of hydrogen-bond donors (Lipinski definition) is 1. The van der Waals surface area contributed by atoms with Gasteiger partial charge in [0.25, 0.3) is 0 Å². The van der Waals surface area contributed by atoms with Gasteiger partial charge in [0, 0.05) is 26.8 Å². The van der Waals surface area contributed by atoms with Gasteiger partial charge in [0.1, 0.15) is 23.9 Å². The van der Waals surface area contributed by atoms with Crippen molar-refractivity contribution in [2.45, 2.75) is 31.5 Å². The molecule has 1 saturated heterocycles. The van der Waals surface area contributed by atoms with Crippen molar-refractivity contribution in [3.63, 3.8) is 0 Å². The predicted octanol–water partition coefficient (Wildman–Crippen LogP) is 2.08. The Morgan fingerprint density at radius 2 is 2.06 bits per heavy atom. The second kappa shape index (κ2) is 11.2. The molecule has 0 aliphatic carbocycles. The van der Waals surface area contributed by atoms with Gasteiger partial charge in [0.05, 0.1) is 18.2 Å². The number of halogens is 1. The molecule has 0 radical (unpaired) electrons. The smallest absolute Gasteiger partial charge is 0.247 e. The van der Waals surface area contributed by atoms with E-state index >= 15 is 0 Å². The van der Waals surface area contributed by atoms with Crippen LogP contribution in [0.5, 0.6) is 0 Å². The highest BCUT2D eigenvalue weighted by Gasteiger charge is 2.34. The third kappa shape index (κ3) is 5.57. The lowest BCUT2D eigenvalue weighted by atomic mass is 10.0. The fraction of sp³-hybridized carbons (Fsp3) is 0.417. The van der Waals surface area contributed by atoms with E-state index in [1.54, 1.807) is 7.11 Å². The summed E-state index contributed by atoms with van der Waals surface area (Å²) in [5, 5.41) is 11.1. The van der Waals surface area contributed by atoms with Crippen molar-refractivity contribution >= 4 is 22.8 Å². The Labute approximate surface area is 196 Å². The highest BCUT2D eigenvalue weighted by Crippen LogP contribution is 2.25. The summed E-state index contributed by atoms with van der Waals surface area (Å²) in [4.78, 5) is 28.5. The maximum absolute atomic E-state index is 13.7. The molecule has 1 aliphatic heterocycles. The number of benzene rings is 2. The Kier molecular flexibility index (Phi) is 7.81. The summed E-state index contributed by atoms with van der Waals surface area (Å²) in [5.74, 6) is -1.12. The molecule has 10 heteroatoms. The zero-order valence-electron chi connectivity index (χ0n) is 19.0. The van der Waals surface area contributed by atoms with Gasteiger partial charge in [-0.3, -0.25) is 9.59 Å². The van der Waals surface area contributed by atoms with Crippen LogP contribution >= 0.6 is 0 Å². The average Bonchev–Trinajstić information content (AvgIpc) is 3.50. The molecule has 4 rings (SSSR count). The number of methoxy groups -OCH3 is 1. The molecule has 0 spiro atoms. The predicted molar refractivity (Wildman–Crippen MR) is 122 cm³/mol. The van der Waals surface area contributed by atoms with Gasteiger partial charge < -0.3 is 19.7 Å². The van der Waals surface area contributed by atoms with Gasteiger partial charge in [0.15, 0.2) is 0 Å². The Hall–Kier alpha value is -3.37. The molecule has 1 aliphatic rings. The quantitative estimate of drug-likeness (QED) is 0.457. The fourth-order valence-corrected chi connectivity index (χ4v) is 4.10. The lowest BCUT2D eigenvalue weighted by Gasteiger charge is -2.33. The molecule has 0 unspecified atom stereocenters. The zero-order valence-corrected chi connectivity index (χ0v) is 19.0. The Bertz CT molecular complexity index is 1110.